The molecule has 0 fully saturated rings. The van der Waals surface area contributed by atoms with Crippen LogP contribution >= 0.6 is 0 Å². The molecule has 0 saturated heterocycles. The SMILES string of the molecule is C=Cc1cccc(C(C(=O)NCCC(=O)OCC)N(C(=O)C(CO)NC(=O)OC(C)(C)C)C(C)CCC(C)C)c1. The van der Waals surface area contributed by atoms with Crippen LogP contribution in [-0.4, -0.2) is 71.3 Å². The van der Waals surface area contributed by atoms with Gasteiger partial charge in [0.05, 0.1) is 19.6 Å². The van der Waals surface area contributed by atoms with Crippen molar-refractivity contribution in [2.75, 3.05) is 19.8 Å². The third-order valence-corrected chi connectivity index (χ3v) is 5.99. The van der Waals surface area contributed by atoms with Crippen molar-refractivity contribution in [3.05, 3.63) is 42.0 Å². The van der Waals surface area contributed by atoms with Crippen LogP contribution in [0.1, 0.15) is 84.9 Å². The maximum atomic E-state index is 14.0. The molecule has 0 bridgehead atoms. The number of carbonyl (C=O) groups excluding carboxylic acids is 4. The molecular weight excluding hydrogens is 514 g/mol. The van der Waals surface area contributed by atoms with Crippen LogP contribution in [0, 0.1) is 5.92 Å². The number of hydrogen-bond acceptors (Lipinski definition) is 7. The van der Waals surface area contributed by atoms with Crippen molar-refractivity contribution in [2.24, 2.45) is 5.92 Å². The first-order valence-corrected chi connectivity index (χ1v) is 13.8. The lowest BCUT2D eigenvalue weighted by atomic mass is 9.96. The van der Waals surface area contributed by atoms with Gasteiger partial charge in [-0.3, -0.25) is 14.4 Å². The van der Waals surface area contributed by atoms with E-state index in [1.54, 1.807) is 52.0 Å². The summed E-state index contributed by atoms with van der Waals surface area (Å²) < 4.78 is 10.2. The van der Waals surface area contributed by atoms with Gasteiger partial charge in [0.1, 0.15) is 17.7 Å². The Morgan fingerprint density at radius 2 is 1.80 bits per heavy atom. The molecule has 3 atom stereocenters. The highest BCUT2D eigenvalue weighted by Crippen LogP contribution is 2.28. The van der Waals surface area contributed by atoms with E-state index in [2.05, 4.69) is 31.1 Å². The quantitative estimate of drug-likeness (QED) is 0.276. The standard InChI is InChI=1S/C30H47N3O7/c1-9-22-12-11-13-23(18-22)26(27(36)31-17-16-25(35)39-10-2)33(21(5)15-14-20(3)4)28(37)24(19-34)32-29(38)40-30(6,7)8/h9,11-13,18,20-21,24,26,34H,1,10,14-17,19H2,2-8H3,(H,31,36)(H,32,38). The van der Waals surface area contributed by atoms with E-state index in [-0.39, 0.29) is 19.6 Å². The van der Waals surface area contributed by atoms with Gasteiger partial charge in [-0.05, 0) is 70.6 Å². The molecule has 1 rings (SSSR count). The molecule has 40 heavy (non-hydrogen) atoms. The van der Waals surface area contributed by atoms with Crippen molar-refractivity contribution in [3.63, 3.8) is 0 Å². The Labute approximate surface area is 238 Å². The van der Waals surface area contributed by atoms with E-state index in [0.29, 0.717) is 17.9 Å². The third-order valence-electron chi connectivity index (χ3n) is 5.99. The lowest BCUT2D eigenvalue weighted by Gasteiger charge is -2.38. The number of alkyl carbamates (subject to hydrolysis) is 1. The van der Waals surface area contributed by atoms with Gasteiger partial charge in [-0.25, -0.2) is 4.79 Å². The average Bonchev–Trinajstić information content (AvgIpc) is 2.87. The molecule has 0 aliphatic carbocycles. The first kappa shape index (κ1) is 34.6. The summed E-state index contributed by atoms with van der Waals surface area (Å²) in [5.41, 5.74) is 0.448. The highest BCUT2D eigenvalue weighted by atomic mass is 16.6. The van der Waals surface area contributed by atoms with Gasteiger partial charge in [0.2, 0.25) is 11.8 Å². The number of esters is 1. The minimum atomic E-state index is -1.35. The molecule has 1 aromatic carbocycles. The van der Waals surface area contributed by atoms with Gasteiger partial charge in [0.15, 0.2) is 0 Å². The number of aliphatic hydroxyl groups is 1. The summed E-state index contributed by atoms with van der Waals surface area (Å²) in [6.07, 6.45) is 2.09. The van der Waals surface area contributed by atoms with Crippen LogP contribution in [0.3, 0.4) is 0 Å². The molecule has 0 saturated carbocycles. The predicted molar refractivity (Wildman–Crippen MR) is 154 cm³/mol. The van der Waals surface area contributed by atoms with E-state index < -0.39 is 54.2 Å². The summed E-state index contributed by atoms with van der Waals surface area (Å²) in [5, 5.41) is 15.3. The van der Waals surface area contributed by atoms with E-state index in [0.717, 1.165) is 12.0 Å². The van der Waals surface area contributed by atoms with Gasteiger partial charge in [-0.2, -0.15) is 0 Å². The second kappa shape index (κ2) is 16.6. The Kier molecular flexibility index (Phi) is 14.4. The Morgan fingerprint density at radius 1 is 1.12 bits per heavy atom. The number of hydrogen-bond donors (Lipinski definition) is 3. The molecule has 10 heteroatoms. The first-order valence-electron chi connectivity index (χ1n) is 13.8. The topological polar surface area (TPSA) is 134 Å². The molecule has 3 amide bonds. The van der Waals surface area contributed by atoms with E-state index in [1.165, 1.54) is 4.90 Å². The van der Waals surface area contributed by atoms with E-state index in [9.17, 15) is 24.3 Å². The van der Waals surface area contributed by atoms with Crippen LogP contribution in [0.2, 0.25) is 0 Å². The Hall–Kier alpha value is -3.40. The van der Waals surface area contributed by atoms with Crippen molar-refractivity contribution in [2.45, 2.75) is 91.5 Å². The summed E-state index contributed by atoms with van der Waals surface area (Å²) in [4.78, 5) is 53.5. The molecule has 0 aromatic heterocycles. The Morgan fingerprint density at radius 3 is 2.35 bits per heavy atom. The molecule has 224 valence electrons. The van der Waals surface area contributed by atoms with E-state index >= 15 is 0 Å². The molecule has 0 aliphatic heterocycles. The van der Waals surface area contributed by atoms with Crippen molar-refractivity contribution in [1.82, 2.24) is 15.5 Å². The lowest BCUT2D eigenvalue weighted by Crippen LogP contribution is -2.56. The number of nitrogens with one attached hydrogen (secondary N) is 2. The largest absolute Gasteiger partial charge is 0.466 e. The van der Waals surface area contributed by atoms with Crippen molar-refractivity contribution >= 4 is 30.0 Å². The second-order valence-corrected chi connectivity index (χ2v) is 11.1. The van der Waals surface area contributed by atoms with Crippen molar-refractivity contribution < 1.29 is 33.8 Å². The van der Waals surface area contributed by atoms with Gasteiger partial charge in [-0.1, -0.05) is 44.7 Å². The molecule has 10 nitrogen and oxygen atoms in total. The molecule has 1 aromatic rings. The van der Waals surface area contributed by atoms with Crippen LogP contribution in [-0.2, 0) is 23.9 Å². The van der Waals surface area contributed by atoms with Crippen LogP contribution < -0.4 is 10.6 Å². The van der Waals surface area contributed by atoms with Crippen LogP contribution in [0.5, 0.6) is 0 Å². The van der Waals surface area contributed by atoms with E-state index in [4.69, 9.17) is 9.47 Å². The van der Waals surface area contributed by atoms with E-state index in [1.807, 2.05) is 13.0 Å². The van der Waals surface area contributed by atoms with Crippen molar-refractivity contribution in [1.29, 1.82) is 0 Å². The minimum absolute atomic E-state index is 0.0112. The zero-order chi connectivity index (χ0) is 30.5. The predicted octanol–water partition coefficient (Wildman–Crippen LogP) is 3.98. The Balaban J connectivity index is 3.52. The number of ether oxygens (including phenoxy) is 2. The number of nitrogens with zero attached hydrogens (tertiary/aromatic N) is 1. The summed E-state index contributed by atoms with van der Waals surface area (Å²) >= 11 is 0. The molecule has 3 unspecified atom stereocenters. The molecular formula is C30H47N3O7. The number of carbonyl (C=O) groups is 4. The van der Waals surface area contributed by atoms with Gasteiger partial charge < -0.3 is 30.1 Å². The zero-order valence-electron chi connectivity index (χ0n) is 25.0. The second-order valence-electron chi connectivity index (χ2n) is 11.1. The number of aliphatic hydroxyl groups excluding tert-OH is 1. The van der Waals surface area contributed by atoms with Crippen molar-refractivity contribution in [3.8, 4) is 0 Å². The monoisotopic (exact) mass is 561 g/mol. The van der Waals surface area contributed by atoms with Gasteiger partial charge in [-0.15, -0.1) is 0 Å². The molecule has 0 aliphatic rings. The number of amides is 3. The number of rotatable bonds is 15. The highest BCUT2D eigenvalue weighted by molar-refractivity contribution is 5.92. The van der Waals surface area contributed by atoms with Gasteiger partial charge >= 0.3 is 12.1 Å². The maximum Gasteiger partial charge on any atom is 0.408 e. The number of benzene rings is 1. The average molecular weight is 562 g/mol. The minimum Gasteiger partial charge on any atom is -0.466 e. The summed E-state index contributed by atoms with van der Waals surface area (Å²) in [6, 6.07) is 4.15. The molecule has 0 spiro atoms. The van der Waals surface area contributed by atoms with Crippen LogP contribution in [0.4, 0.5) is 4.79 Å². The van der Waals surface area contributed by atoms with Gasteiger partial charge in [0.25, 0.3) is 0 Å². The molecule has 0 heterocycles. The highest BCUT2D eigenvalue weighted by Gasteiger charge is 2.38. The van der Waals surface area contributed by atoms with Crippen LogP contribution in [0.25, 0.3) is 6.08 Å². The Bertz CT molecular complexity index is 1000. The fourth-order valence-electron chi connectivity index (χ4n) is 4.04. The summed E-state index contributed by atoms with van der Waals surface area (Å²) in [5.74, 6) is -1.26. The van der Waals surface area contributed by atoms with Crippen LogP contribution in [0.15, 0.2) is 30.8 Å². The third kappa shape index (κ3) is 11.8. The molecule has 3 N–H and O–H groups in total. The fraction of sp³-hybridized carbons (Fsp3) is 0.600. The molecule has 0 radical (unpaired) electrons. The zero-order valence-corrected chi connectivity index (χ0v) is 25.0. The lowest BCUT2D eigenvalue weighted by molar-refractivity contribution is -0.146. The fourth-order valence-corrected chi connectivity index (χ4v) is 4.04. The smallest absolute Gasteiger partial charge is 0.408 e. The van der Waals surface area contributed by atoms with Gasteiger partial charge in [0, 0.05) is 12.6 Å². The summed E-state index contributed by atoms with van der Waals surface area (Å²) in [6.45, 7) is 16.1. The maximum absolute atomic E-state index is 14.0. The normalized spacial score (nSPS) is 13.5. The first-order chi connectivity index (χ1) is 18.7. The summed E-state index contributed by atoms with van der Waals surface area (Å²) in [7, 11) is 0.